The molecule has 39 heavy (non-hydrogen) atoms. The van der Waals surface area contributed by atoms with Crippen molar-refractivity contribution in [2.75, 3.05) is 30.3 Å². The number of hydrogen-bond acceptors (Lipinski definition) is 4. The number of para-hydroxylation sites is 1. The summed E-state index contributed by atoms with van der Waals surface area (Å²) in [6, 6.07) is 23.4. The average Bonchev–Trinajstić information content (AvgIpc) is 3.60. The van der Waals surface area contributed by atoms with E-state index in [1.165, 1.54) is 23.9 Å². The predicted molar refractivity (Wildman–Crippen MR) is 153 cm³/mol. The molecule has 198 valence electrons. The molecule has 0 saturated carbocycles. The van der Waals surface area contributed by atoms with E-state index < -0.39 is 0 Å². The normalized spacial score (nSPS) is 17.3. The van der Waals surface area contributed by atoms with Crippen LogP contribution in [0.3, 0.4) is 0 Å². The Morgan fingerprint density at radius 2 is 1.67 bits per heavy atom. The van der Waals surface area contributed by atoms with Crippen LogP contribution in [0.25, 0.3) is 16.9 Å². The Bertz CT molecular complexity index is 1520. The van der Waals surface area contributed by atoms with E-state index in [1.54, 1.807) is 27.8 Å². The van der Waals surface area contributed by atoms with Gasteiger partial charge in [-0.05, 0) is 42.7 Å². The molecule has 3 heterocycles. The van der Waals surface area contributed by atoms with Crippen LogP contribution in [0.4, 0.5) is 10.2 Å². The average molecular weight is 561 g/mol. The van der Waals surface area contributed by atoms with Gasteiger partial charge in [-0.2, -0.15) is 5.10 Å². The summed E-state index contributed by atoms with van der Waals surface area (Å²) in [6.45, 7) is 1.30. The second kappa shape index (κ2) is 10.9. The van der Waals surface area contributed by atoms with Crippen molar-refractivity contribution in [1.82, 2.24) is 14.7 Å². The van der Waals surface area contributed by atoms with Crippen LogP contribution in [-0.2, 0) is 9.59 Å². The maximum absolute atomic E-state index is 13.9. The molecule has 0 bridgehead atoms. The van der Waals surface area contributed by atoms with E-state index in [1.807, 2.05) is 53.4 Å². The van der Waals surface area contributed by atoms with Gasteiger partial charge in [0.05, 0.1) is 27.4 Å². The lowest BCUT2D eigenvalue weighted by molar-refractivity contribution is -0.130. The number of halogens is 2. The van der Waals surface area contributed by atoms with Crippen LogP contribution in [0, 0.1) is 5.82 Å². The number of carbonyl (C=O) groups excluding carboxylic acids is 2. The molecule has 0 radical (unpaired) electrons. The molecule has 1 saturated heterocycles. The van der Waals surface area contributed by atoms with E-state index in [4.69, 9.17) is 16.7 Å². The Labute approximate surface area is 235 Å². The van der Waals surface area contributed by atoms with Crippen molar-refractivity contribution in [1.29, 1.82) is 0 Å². The molecular weight excluding hydrogens is 535 g/mol. The van der Waals surface area contributed by atoms with Crippen LogP contribution in [0.15, 0.2) is 78.9 Å². The van der Waals surface area contributed by atoms with Gasteiger partial charge in [0.15, 0.2) is 0 Å². The first-order valence-corrected chi connectivity index (χ1v) is 14.3. The van der Waals surface area contributed by atoms with Gasteiger partial charge in [0.1, 0.15) is 18.2 Å². The van der Waals surface area contributed by atoms with Crippen molar-refractivity contribution in [2.45, 2.75) is 18.1 Å². The lowest BCUT2D eigenvalue weighted by Gasteiger charge is -2.25. The minimum atomic E-state index is -0.332. The van der Waals surface area contributed by atoms with E-state index in [2.05, 4.69) is 0 Å². The number of likely N-dealkylation sites (tertiary alicyclic amines) is 1. The van der Waals surface area contributed by atoms with Crippen LogP contribution in [0.2, 0.25) is 5.02 Å². The molecule has 0 N–H and O–H groups in total. The SMILES string of the molecule is O=C(CN1C(=O)CS[C@@H](c2ccc(F)cc2)c2c(-c3ccccc3)nn(-c3ccccc3Cl)c21)N1CCCC1. The lowest BCUT2D eigenvalue weighted by Crippen LogP contribution is -2.43. The predicted octanol–water partition coefficient (Wildman–Crippen LogP) is 6.12. The zero-order chi connectivity index (χ0) is 26.9. The Morgan fingerprint density at radius 1 is 0.974 bits per heavy atom. The molecule has 2 aliphatic rings. The molecule has 0 aliphatic carbocycles. The van der Waals surface area contributed by atoms with Gasteiger partial charge in [0.2, 0.25) is 11.8 Å². The summed E-state index contributed by atoms with van der Waals surface area (Å²) in [5.41, 5.74) is 3.79. The van der Waals surface area contributed by atoms with Crippen LogP contribution < -0.4 is 4.90 Å². The van der Waals surface area contributed by atoms with Gasteiger partial charge in [-0.3, -0.25) is 14.5 Å². The van der Waals surface area contributed by atoms with Crippen molar-refractivity contribution < 1.29 is 14.0 Å². The summed E-state index contributed by atoms with van der Waals surface area (Å²) in [6.07, 6.45) is 1.92. The number of aromatic nitrogens is 2. The topological polar surface area (TPSA) is 58.4 Å². The molecule has 1 aromatic heterocycles. The van der Waals surface area contributed by atoms with Gasteiger partial charge in [0.25, 0.3) is 0 Å². The molecule has 6 rings (SSSR count). The van der Waals surface area contributed by atoms with Crippen LogP contribution >= 0.6 is 23.4 Å². The summed E-state index contributed by atoms with van der Waals surface area (Å²) in [5.74, 6) is 0.0533. The van der Waals surface area contributed by atoms with Gasteiger partial charge in [0, 0.05) is 24.2 Å². The molecule has 1 fully saturated rings. The fourth-order valence-corrected chi connectivity index (χ4v) is 6.64. The van der Waals surface area contributed by atoms with Crippen molar-refractivity contribution in [3.05, 3.63) is 101 Å². The smallest absolute Gasteiger partial charge is 0.242 e. The van der Waals surface area contributed by atoms with E-state index in [9.17, 15) is 14.0 Å². The largest absolute Gasteiger partial charge is 0.341 e. The Hall–Kier alpha value is -3.62. The highest BCUT2D eigenvalue weighted by Crippen LogP contribution is 2.49. The number of benzene rings is 3. The summed E-state index contributed by atoms with van der Waals surface area (Å²) >= 11 is 8.13. The van der Waals surface area contributed by atoms with Crippen molar-refractivity contribution in [2.24, 2.45) is 0 Å². The molecule has 4 aromatic rings. The zero-order valence-corrected chi connectivity index (χ0v) is 22.7. The number of anilines is 1. The molecule has 0 spiro atoms. The summed E-state index contributed by atoms with van der Waals surface area (Å²) in [7, 11) is 0. The summed E-state index contributed by atoms with van der Waals surface area (Å²) in [4.78, 5) is 30.5. The van der Waals surface area contributed by atoms with Gasteiger partial charge in [-0.1, -0.05) is 66.2 Å². The Balaban J connectivity index is 1.61. The molecule has 9 heteroatoms. The van der Waals surface area contributed by atoms with Crippen molar-refractivity contribution in [3.63, 3.8) is 0 Å². The summed E-state index contributed by atoms with van der Waals surface area (Å²) in [5, 5.41) is 5.18. The number of rotatable bonds is 5. The maximum Gasteiger partial charge on any atom is 0.242 e. The molecule has 0 unspecified atom stereocenters. The number of hydrogen-bond donors (Lipinski definition) is 0. The minimum absolute atomic E-state index is 0.0904. The third kappa shape index (κ3) is 4.94. The summed E-state index contributed by atoms with van der Waals surface area (Å²) < 4.78 is 15.6. The van der Waals surface area contributed by atoms with E-state index in [0.29, 0.717) is 35.3 Å². The van der Waals surface area contributed by atoms with Crippen molar-refractivity contribution in [3.8, 4) is 16.9 Å². The third-order valence-corrected chi connectivity index (χ3v) is 8.72. The van der Waals surface area contributed by atoms with Crippen LogP contribution in [0.1, 0.15) is 29.2 Å². The fourth-order valence-electron chi connectivity index (χ4n) is 5.22. The second-order valence-corrected chi connectivity index (χ2v) is 11.1. The molecule has 3 aromatic carbocycles. The number of fused-ring (bicyclic) bond motifs is 1. The fraction of sp³-hybridized carbons (Fsp3) is 0.233. The standard InChI is InChI=1S/C30H26ClFN4O2S/c31-23-10-4-5-11-24(23)36-30-27(28(33-36)20-8-2-1-3-9-20)29(21-12-14-22(32)15-13-21)39-19-26(38)35(30)18-25(37)34-16-6-7-17-34/h1-5,8-15,29H,6-7,16-19H2/t29-/m0/s1. The highest BCUT2D eigenvalue weighted by atomic mass is 35.5. The molecule has 2 amide bonds. The highest BCUT2D eigenvalue weighted by Gasteiger charge is 2.38. The van der Waals surface area contributed by atoms with Crippen LogP contribution in [0.5, 0.6) is 0 Å². The Morgan fingerprint density at radius 3 is 2.38 bits per heavy atom. The Kier molecular flexibility index (Phi) is 7.14. The first-order chi connectivity index (χ1) is 19.0. The first-order valence-electron chi connectivity index (χ1n) is 12.9. The van der Waals surface area contributed by atoms with E-state index in [0.717, 1.165) is 29.5 Å². The highest BCUT2D eigenvalue weighted by molar-refractivity contribution is 8.00. The number of nitrogens with zero attached hydrogens (tertiary/aromatic N) is 4. The lowest BCUT2D eigenvalue weighted by atomic mass is 9.99. The number of thioether (sulfide) groups is 1. The molecule has 6 nitrogen and oxygen atoms in total. The van der Waals surface area contributed by atoms with Crippen LogP contribution in [-0.4, -0.2) is 51.9 Å². The van der Waals surface area contributed by atoms with E-state index in [-0.39, 0.29) is 35.2 Å². The maximum atomic E-state index is 13.9. The number of carbonyl (C=O) groups is 2. The van der Waals surface area contributed by atoms with Gasteiger partial charge < -0.3 is 4.90 Å². The van der Waals surface area contributed by atoms with Gasteiger partial charge in [-0.15, -0.1) is 11.8 Å². The molecule has 1 atom stereocenters. The minimum Gasteiger partial charge on any atom is -0.341 e. The molecular formula is C30H26ClFN4O2S. The first kappa shape index (κ1) is 25.6. The van der Waals surface area contributed by atoms with E-state index >= 15 is 0 Å². The zero-order valence-electron chi connectivity index (χ0n) is 21.1. The molecule has 2 aliphatic heterocycles. The monoisotopic (exact) mass is 560 g/mol. The number of amides is 2. The third-order valence-electron chi connectivity index (χ3n) is 7.14. The quantitative estimate of drug-likeness (QED) is 0.295. The van der Waals surface area contributed by atoms with Crippen molar-refractivity contribution >= 4 is 41.0 Å². The van der Waals surface area contributed by atoms with Gasteiger partial charge >= 0.3 is 0 Å². The van der Waals surface area contributed by atoms with Gasteiger partial charge in [-0.25, -0.2) is 9.07 Å². The second-order valence-electron chi connectivity index (χ2n) is 9.63.